The zero-order valence-corrected chi connectivity index (χ0v) is 45.1. The van der Waals surface area contributed by atoms with Crippen LogP contribution in [0.4, 0.5) is 0 Å². The number of fused-ring (bicyclic) bond motifs is 6. The average molecular weight is 957 g/mol. The minimum Gasteiger partial charge on any atom is -0.309 e. The van der Waals surface area contributed by atoms with E-state index in [4.69, 9.17) is 0 Å². The van der Waals surface area contributed by atoms with E-state index in [2.05, 4.69) is 262 Å². The lowest BCUT2D eigenvalue weighted by Crippen LogP contribution is -2.01. The summed E-state index contributed by atoms with van der Waals surface area (Å²) in [5.74, 6) is 0. The van der Waals surface area contributed by atoms with Crippen molar-refractivity contribution in [2.75, 3.05) is 0 Å². The highest BCUT2D eigenvalue weighted by molar-refractivity contribution is 6.14. The third-order valence-electron chi connectivity index (χ3n) is 16.0. The molecule has 0 spiro atoms. The van der Waals surface area contributed by atoms with E-state index in [-0.39, 0.29) is 0 Å². The molecule has 0 amide bonds. The fourth-order valence-corrected chi connectivity index (χ4v) is 13.5. The molecule has 74 heavy (non-hydrogen) atoms. The quantitative estimate of drug-likeness (QED) is 0.151. The molecular formula is C72H64N2. The van der Waals surface area contributed by atoms with Gasteiger partial charge in [0.1, 0.15) is 0 Å². The Balaban J connectivity index is 1.11. The van der Waals surface area contributed by atoms with E-state index in [1.165, 1.54) is 166 Å². The van der Waals surface area contributed by atoms with Crippen LogP contribution in [0.2, 0.25) is 0 Å². The first-order valence-corrected chi connectivity index (χ1v) is 26.3. The highest BCUT2D eigenvalue weighted by Gasteiger charge is 2.23. The highest BCUT2D eigenvalue weighted by Crippen LogP contribution is 2.45. The number of benzene rings is 10. The summed E-state index contributed by atoms with van der Waals surface area (Å²) in [5.41, 5.74) is 35.2. The standard InChI is InChI=1S/C72H64N2/c1-41-29-45(5)69(46(6)30-41)53-21-25-65-59(37-53)60-38-54(70-47(7)31-42(2)32-48(70)8)22-26-66(60)73(65)63-19-15-13-17-57(63)58-18-14-16-20-64(58)74-67-27-23-55(71-49(9)33-43(3)34-50(71)10)39-61(67)62-40-56(24-28-68(62)74)72-51(11)35-44(4)36-52(72)12/h13-40H,1-12H3. The van der Waals surface area contributed by atoms with Crippen molar-refractivity contribution in [2.24, 2.45) is 0 Å². The molecule has 0 N–H and O–H groups in total. The third kappa shape index (κ3) is 7.61. The van der Waals surface area contributed by atoms with Crippen molar-refractivity contribution >= 4 is 43.6 Å². The minimum absolute atomic E-state index is 1.15. The van der Waals surface area contributed by atoms with Crippen molar-refractivity contribution in [1.29, 1.82) is 0 Å². The van der Waals surface area contributed by atoms with E-state index in [0.717, 1.165) is 11.4 Å². The van der Waals surface area contributed by atoms with E-state index in [9.17, 15) is 0 Å². The molecule has 0 unspecified atom stereocenters. The number of rotatable bonds is 7. The predicted molar refractivity (Wildman–Crippen MR) is 319 cm³/mol. The van der Waals surface area contributed by atoms with Crippen LogP contribution in [-0.2, 0) is 0 Å². The van der Waals surface area contributed by atoms with Gasteiger partial charge in [0, 0.05) is 32.7 Å². The maximum absolute atomic E-state index is 2.52. The molecule has 2 nitrogen and oxygen atoms in total. The lowest BCUT2D eigenvalue weighted by atomic mass is 9.91. The summed E-state index contributed by atoms with van der Waals surface area (Å²) in [6.45, 7) is 26.8. The van der Waals surface area contributed by atoms with Gasteiger partial charge >= 0.3 is 0 Å². The second-order valence-electron chi connectivity index (χ2n) is 21.7. The Morgan fingerprint density at radius 1 is 0.230 bits per heavy atom. The number of nitrogens with zero attached hydrogens (tertiary/aromatic N) is 2. The largest absolute Gasteiger partial charge is 0.309 e. The lowest BCUT2D eigenvalue weighted by molar-refractivity contribution is 1.16. The van der Waals surface area contributed by atoms with Gasteiger partial charge in [0.25, 0.3) is 0 Å². The van der Waals surface area contributed by atoms with Gasteiger partial charge in [-0.25, -0.2) is 0 Å². The van der Waals surface area contributed by atoms with Crippen molar-refractivity contribution < 1.29 is 0 Å². The molecule has 12 rings (SSSR count). The molecule has 0 fully saturated rings. The molecule has 10 aromatic carbocycles. The van der Waals surface area contributed by atoms with Crippen molar-refractivity contribution in [2.45, 2.75) is 83.1 Å². The summed E-state index contributed by atoms with van der Waals surface area (Å²) in [7, 11) is 0. The zero-order valence-electron chi connectivity index (χ0n) is 45.1. The van der Waals surface area contributed by atoms with Gasteiger partial charge in [0.2, 0.25) is 0 Å². The fraction of sp³-hybridized carbons (Fsp3) is 0.167. The van der Waals surface area contributed by atoms with Gasteiger partial charge in [-0.2, -0.15) is 0 Å². The SMILES string of the molecule is Cc1cc(C)c(-c2ccc3c(c2)c2cc(-c4c(C)cc(C)cc4C)ccc2n3-c2ccccc2-c2ccccc2-n2c3ccc(-c4c(C)cc(C)cc4C)cc3c3cc(-c4c(C)cc(C)cc4C)ccc32)c(C)c1. The van der Waals surface area contributed by atoms with Crippen LogP contribution in [0.1, 0.15) is 66.8 Å². The van der Waals surface area contributed by atoms with Crippen LogP contribution < -0.4 is 0 Å². The fourth-order valence-electron chi connectivity index (χ4n) is 13.5. The van der Waals surface area contributed by atoms with E-state index in [0.29, 0.717) is 0 Å². The van der Waals surface area contributed by atoms with Gasteiger partial charge in [-0.1, -0.05) is 131 Å². The van der Waals surface area contributed by atoms with Gasteiger partial charge < -0.3 is 9.13 Å². The van der Waals surface area contributed by atoms with Crippen molar-refractivity contribution in [3.8, 4) is 67.0 Å². The lowest BCUT2D eigenvalue weighted by Gasteiger charge is -2.19. The third-order valence-corrected chi connectivity index (χ3v) is 16.0. The average Bonchev–Trinajstić information content (AvgIpc) is 3.84. The van der Waals surface area contributed by atoms with Gasteiger partial charge in [0.15, 0.2) is 0 Å². The van der Waals surface area contributed by atoms with Gasteiger partial charge in [-0.15, -0.1) is 0 Å². The van der Waals surface area contributed by atoms with E-state index in [1.807, 2.05) is 0 Å². The molecule has 0 atom stereocenters. The molecule has 0 bridgehead atoms. The topological polar surface area (TPSA) is 9.86 Å². The Kier molecular flexibility index (Phi) is 11.3. The minimum atomic E-state index is 1.15. The molecule has 2 heteroatoms. The van der Waals surface area contributed by atoms with Crippen molar-refractivity contribution in [3.05, 3.63) is 237 Å². The van der Waals surface area contributed by atoms with Crippen LogP contribution in [0.25, 0.3) is 111 Å². The Hall–Kier alpha value is -8.20. The summed E-state index contributed by atoms with van der Waals surface area (Å²) in [5, 5.41) is 4.99. The maximum atomic E-state index is 2.52. The van der Waals surface area contributed by atoms with Crippen molar-refractivity contribution in [3.63, 3.8) is 0 Å². The molecule has 0 saturated carbocycles. The molecule has 0 aliphatic heterocycles. The normalized spacial score (nSPS) is 11.8. The first-order valence-electron chi connectivity index (χ1n) is 26.3. The monoisotopic (exact) mass is 957 g/mol. The Morgan fingerprint density at radius 2 is 0.446 bits per heavy atom. The smallest absolute Gasteiger partial charge is 0.0541 e. The van der Waals surface area contributed by atoms with E-state index >= 15 is 0 Å². The first kappa shape index (κ1) is 46.8. The molecule has 2 heterocycles. The molecule has 0 saturated heterocycles. The molecule has 0 aliphatic rings. The number of hydrogen-bond donors (Lipinski definition) is 0. The number of hydrogen-bond acceptors (Lipinski definition) is 0. The van der Waals surface area contributed by atoms with Crippen LogP contribution in [0.5, 0.6) is 0 Å². The van der Waals surface area contributed by atoms with Crippen molar-refractivity contribution in [1.82, 2.24) is 9.13 Å². The van der Waals surface area contributed by atoms with Gasteiger partial charge in [-0.05, 0) is 233 Å². The molecule has 0 aliphatic carbocycles. The summed E-state index contributed by atoms with van der Waals surface area (Å²) in [6, 6.07) is 65.3. The Morgan fingerprint density at radius 3 is 0.676 bits per heavy atom. The van der Waals surface area contributed by atoms with Crippen LogP contribution >= 0.6 is 0 Å². The van der Waals surface area contributed by atoms with Crippen LogP contribution in [0.3, 0.4) is 0 Å². The highest BCUT2D eigenvalue weighted by atomic mass is 15.0. The van der Waals surface area contributed by atoms with Crippen LogP contribution in [0.15, 0.2) is 170 Å². The van der Waals surface area contributed by atoms with Gasteiger partial charge in [0.05, 0.1) is 33.4 Å². The second-order valence-corrected chi connectivity index (χ2v) is 21.7. The molecule has 2 aromatic heterocycles. The molecule has 362 valence electrons. The summed E-state index contributed by atoms with van der Waals surface area (Å²) in [4.78, 5) is 0. The van der Waals surface area contributed by atoms with Crippen LogP contribution in [-0.4, -0.2) is 9.13 Å². The first-order chi connectivity index (χ1) is 35.6. The molecule has 0 radical (unpaired) electrons. The van der Waals surface area contributed by atoms with E-state index < -0.39 is 0 Å². The van der Waals surface area contributed by atoms with Crippen LogP contribution in [0, 0.1) is 83.1 Å². The number of aryl methyl sites for hydroxylation is 12. The second kappa shape index (κ2) is 17.8. The summed E-state index contributed by atoms with van der Waals surface area (Å²) in [6.07, 6.45) is 0. The summed E-state index contributed by atoms with van der Waals surface area (Å²) >= 11 is 0. The molecular weight excluding hydrogens is 893 g/mol. The maximum Gasteiger partial charge on any atom is 0.0541 e. The Labute approximate surface area is 437 Å². The zero-order chi connectivity index (χ0) is 51.4. The molecule has 12 aromatic rings. The predicted octanol–water partition coefficient (Wildman–Crippen LogP) is 19.9. The Bertz CT molecular complexity index is 3720. The number of aromatic nitrogens is 2. The van der Waals surface area contributed by atoms with E-state index in [1.54, 1.807) is 0 Å². The van der Waals surface area contributed by atoms with Gasteiger partial charge in [-0.3, -0.25) is 0 Å². The summed E-state index contributed by atoms with van der Waals surface area (Å²) < 4.78 is 5.05. The number of para-hydroxylation sites is 2.